The van der Waals surface area contributed by atoms with E-state index in [-0.39, 0.29) is 11.8 Å². The van der Waals surface area contributed by atoms with Gasteiger partial charge >= 0.3 is 0 Å². The predicted molar refractivity (Wildman–Crippen MR) is 77.5 cm³/mol. The van der Waals surface area contributed by atoms with Crippen LogP contribution in [0.2, 0.25) is 0 Å². The highest BCUT2D eigenvalue weighted by Crippen LogP contribution is 2.24. The van der Waals surface area contributed by atoms with Gasteiger partial charge in [0.05, 0.1) is 0 Å². The van der Waals surface area contributed by atoms with Crippen molar-refractivity contribution in [1.29, 1.82) is 0 Å². The van der Waals surface area contributed by atoms with Crippen LogP contribution in [0.1, 0.15) is 38.2 Å². The van der Waals surface area contributed by atoms with Crippen LogP contribution in [0, 0.1) is 5.92 Å². The van der Waals surface area contributed by atoms with Gasteiger partial charge in [-0.15, -0.1) is 0 Å². The summed E-state index contributed by atoms with van der Waals surface area (Å²) >= 11 is 0. The van der Waals surface area contributed by atoms with Crippen molar-refractivity contribution in [2.45, 2.75) is 45.2 Å². The van der Waals surface area contributed by atoms with E-state index in [9.17, 15) is 4.79 Å². The Balaban J connectivity index is 1.98. The first-order chi connectivity index (χ1) is 9.16. The third-order valence-electron chi connectivity index (χ3n) is 4.09. The van der Waals surface area contributed by atoms with E-state index in [0.717, 1.165) is 19.5 Å². The molecule has 0 aliphatic carbocycles. The number of amides is 1. The van der Waals surface area contributed by atoms with Crippen LogP contribution < -0.4 is 5.73 Å². The van der Waals surface area contributed by atoms with E-state index in [4.69, 9.17) is 5.73 Å². The fourth-order valence-corrected chi connectivity index (χ4v) is 2.88. The SMILES string of the molecule is CC(CC1CCCCN1Cc1ccccc1)C(N)=O. The van der Waals surface area contributed by atoms with Crippen LogP contribution in [-0.4, -0.2) is 23.4 Å². The van der Waals surface area contributed by atoms with E-state index in [1.165, 1.54) is 24.8 Å². The molecule has 104 valence electrons. The fourth-order valence-electron chi connectivity index (χ4n) is 2.88. The van der Waals surface area contributed by atoms with E-state index < -0.39 is 0 Å². The summed E-state index contributed by atoms with van der Waals surface area (Å²) in [6.45, 7) is 4.06. The molecule has 1 amide bonds. The Bertz CT molecular complexity index is 404. The lowest BCUT2D eigenvalue weighted by molar-refractivity contribution is -0.122. The predicted octanol–water partition coefficient (Wildman–Crippen LogP) is 2.55. The van der Waals surface area contributed by atoms with Gasteiger partial charge in [0.1, 0.15) is 0 Å². The summed E-state index contributed by atoms with van der Waals surface area (Å²) in [5, 5.41) is 0. The zero-order chi connectivity index (χ0) is 13.7. The maximum absolute atomic E-state index is 11.2. The summed E-state index contributed by atoms with van der Waals surface area (Å²) < 4.78 is 0. The molecule has 1 heterocycles. The number of hydrogen-bond donors (Lipinski definition) is 1. The second-order valence-electron chi connectivity index (χ2n) is 5.64. The first-order valence-electron chi connectivity index (χ1n) is 7.24. The van der Waals surface area contributed by atoms with Crippen LogP contribution in [0.3, 0.4) is 0 Å². The molecule has 3 nitrogen and oxygen atoms in total. The zero-order valence-corrected chi connectivity index (χ0v) is 11.7. The standard InChI is InChI=1S/C16H24N2O/c1-13(16(17)19)11-15-9-5-6-10-18(15)12-14-7-3-2-4-8-14/h2-4,7-8,13,15H,5-6,9-12H2,1H3,(H2,17,19). The lowest BCUT2D eigenvalue weighted by Crippen LogP contribution is -2.41. The van der Waals surface area contributed by atoms with Gasteiger partial charge < -0.3 is 5.73 Å². The number of carbonyl (C=O) groups excluding carboxylic acids is 1. The van der Waals surface area contributed by atoms with Crippen molar-refractivity contribution in [1.82, 2.24) is 4.90 Å². The van der Waals surface area contributed by atoms with E-state index in [1.807, 2.05) is 13.0 Å². The summed E-state index contributed by atoms with van der Waals surface area (Å²) in [6, 6.07) is 11.1. The molecular weight excluding hydrogens is 236 g/mol. The molecule has 1 fully saturated rings. The first kappa shape index (κ1) is 14.1. The van der Waals surface area contributed by atoms with Gasteiger partial charge in [-0.25, -0.2) is 0 Å². The lowest BCUT2D eigenvalue weighted by atomic mass is 9.92. The number of nitrogens with zero attached hydrogens (tertiary/aromatic N) is 1. The number of likely N-dealkylation sites (tertiary alicyclic amines) is 1. The van der Waals surface area contributed by atoms with Gasteiger partial charge in [0.2, 0.25) is 5.91 Å². The van der Waals surface area contributed by atoms with E-state index in [0.29, 0.717) is 6.04 Å². The molecule has 1 saturated heterocycles. The highest BCUT2D eigenvalue weighted by molar-refractivity contribution is 5.76. The van der Waals surface area contributed by atoms with Gasteiger partial charge in [-0.3, -0.25) is 9.69 Å². The van der Waals surface area contributed by atoms with Crippen molar-refractivity contribution >= 4 is 5.91 Å². The normalized spacial score (nSPS) is 22.1. The summed E-state index contributed by atoms with van der Waals surface area (Å²) in [6.07, 6.45) is 4.60. The topological polar surface area (TPSA) is 46.3 Å². The number of primary amides is 1. The molecule has 0 radical (unpaired) electrons. The molecule has 1 aliphatic rings. The Morgan fingerprint density at radius 1 is 1.37 bits per heavy atom. The Labute approximate surface area is 115 Å². The molecule has 2 atom stereocenters. The van der Waals surface area contributed by atoms with E-state index >= 15 is 0 Å². The van der Waals surface area contributed by atoms with Crippen LogP contribution in [0.25, 0.3) is 0 Å². The molecule has 1 aromatic rings. The maximum Gasteiger partial charge on any atom is 0.220 e. The minimum atomic E-state index is -0.176. The van der Waals surface area contributed by atoms with Crippen LogP contribution in [0.5, 0.6) is 0 Å². The molecule has 3 heteroatoms. The number of hydrogen-bond acceptors (Lipinski definition) is 2. The molecule has 0 spiro atoms. The first-order valence-corrected chi connectivity index (χ1v) is 7.24. The average molecular weight is 260 g/mol. The van der Waals surface area contributed by atoms with Crippen molar-refractivity contribution in [2.24, 2.45) is 11.7 Å². The highest BCUT2D eigenvalue weighted by Gasteiger charge is 2.25. The number of carbonyl (C=O) groups is 1. The molecule has 0 saturated carbocycles. The molecule has 0 bridgehead atoms. The summed E-state index contributed by atoms with van der Waals surface area (Å²) in [5.41, 5.74) is 6.74. The number of piperidine rings is 1. The summed E-state index contributed by atoms with van der Waals surface area (Å²) in [5.74, 6) is -0.202. The van der Waals surface area contributed by atoms with E-state index in [2.05, 4.69) is 29.2 Å². The Hall–Kier alpha value is -1.35. The Morgan fingerprint density at radius 2 is 2.11 bits per heavy atom. The zero-order valence-electron chi connectivity index (χ0n) is 11.7. The van der Waals surface area contributed by atoms with Crippen LogP contribution in [0.15, 0.2) is 30.3 Å². The second-order valence-corrected chi connectivity index (χ2v) is 5.64. The molecule has 1 aliphatic heterocycles. The van der Waals surface area contributed by atoms with Gasteiger partial charge in [0.15, 0.2) is 0 Å². The minimum absolute atomic E-state index is 0.0265. The average Bonchev–Trinajstić information content (AvgIpc) is 2.42. The smallest absolute Gasteiger partial charge is 0.220 e. The Kier molecular flexibility index (Phi) is 4.97. The number of rotatable bonds is 5. The summed E-state index contributed by atoms with van der Waals surface area (Å²) in [7, 11) is 0. The summed E-state index contributed by atoms with van der Waals surface area (Å²) in [4.78, 5) is 13.8. The second kappa shape index (κ2) is 6.71. The number of nitrogens with two attached hydrogens (primary N) is 1. The minimum Gasteiger partial charge on any atom is -0.369 e. The van der Waals surface area contributed by atoms with Crippen LogP contribution in [-0.2, 0) is 11.3 Å². The lowest BCUT2D eigenvalue weighted by Gasteiger charge is -2.36. The van der Waals surface area contributed by atoms with Crippen molar-refractivity contribution in [3.05, 3.63) is 35.9 Å². The Morgan fingerprint density at radius 3 is 2.79 bits per heavy atom. The molecule has 19 heavy (non-hydrogen) atoms. The van der Waals surface area contributed by atoms with E-state index in [1.54, 1.807) is 0 Å². The third kappa shape index (κ3) is 4.06. The van der Waals surface area contributed by atoms with Gasteiger partial charge in [0, 0.05) is 18.5 Å². The van der Waals surface area contributed by atoms with Crippen molar-refractivity contribution in [3.63, 3.8) is 0 Å². The fraction of sp³-hybridized carbons (Fsp3) is 0.562. The van der Waals surface area contributed by atoms with Gasteiger partial charge in [-0.05, 0) is 31.4 Å². The molecule has 2 unspecified atom stereocenters. The third-order valence-corrected chi connectivity index (χ3v) is 4.09. The molecule has 2 rings (SSSR count). The van der Waals surface area contributed by atoms with Crippen LogP contribution >= 0.6 is 0 Å². The molecule has 0 aromatic heterocycles. The van der Waals surface area contributed by atoms with Gasteiger partial charge in [-0.2, -0.15) is 0 Å². The molecule has 2 N–H and O–H groups in total. The van der Waals surface area contributed by atoms with Crippen LogP contribution in [0.4, 0.5) is 0 Å². The van der Waals surface area contributed by atoms with Gasteiger partial charge in [-0.1, -0.05) is 43.7 Å². The monoisotopic (exact) mass is 260 g/mol. The highest BCUT2D eigenvalue weighted by atomic mass is 16.1. The molecular formula is C16H24N2O. The molecule has 1 aromatic carbocycles. The number of benzene rings is 1. The maximum atomic E-state index is 11.2. The van der Waals surface area contributed by atoms with Crippen molar-refractivity contribution < 1.29 is 4.79 Å². The van der Waals surface area contributed by atoms with Crippen molar-refractivity contribution in [3.8, 4) is 0 Å². The largest absolute Gasteiger partial charge is 0.369 e. The van der Waals surface area contributed by atoms with Gasteiger partial charge in [0.25, 0.3) is 0 Å². The van der Waals surface area contributed by atoms with Crippen molar-refractivity contribution in [2.75, 3.05) is 6.54 Å². The quantitative estimate of drug-likeness (QED) is 0.884.